The molecule has 0 aliphatic carbocycles. The Bertz CT molecular complexity index is 1330. The van der Waals surface area contributed by atoms with Crippen molar-refractivity contribution in [2.75, 3.05) is 10.0 Å². The molecule has 3 aromatic rings. The molecule has 2 N–H and O–H groups in total. The summed E-state index contributed by atoms with van der Waals surface area (Å²) in [7, 11) is -3.57. The first-order valence-corrected chi connectivity index (χ1v) is 10.9. The molecule has 0 unspecified atom stereocenters. The van der Waals surface area contributed by atoms with Gasteiger partial charge in [-0.25, -0.2) is 13.2 Å². The van der Waals surface area contributed by atoms with E-state index in [1.54, 1.807) is 32.9 Å². The topological polar surface area (TPSA) is 123 Å². The summed E-state index contributed by atoms with van der Waals surface area (Å²) in [5, 5.41) is 3.22. The van der Waals surface area contributed by atoms with Crippen molar-refractivity contribution < 1.29 is 22.4 Å². The van der Waals surface area contributed by atoms with Crippen molar-refractivity contribution in [3.8, 4) is 0 Å². The molecule has 0 atom stereocenters. The Morgan fingerprint density at radius 3 is 2.13 bits per heavy atom. The van der Waals surface area contributed by atoms with Crippen LogP contribution in [0.4, 0.5) is 11.4 Å². The van der Waals surface area contributed by atoms with Crippen LogP contribution >= 0.6 is 0 Å². The van der Waals surface area contributed by atoms with Crippen LogP contribution in [0.5, 0.6) is 0 Å². The van der Waals surface area contributed by atoms with Gasteiger partial charge in [0.1, 0.15) is 11.1 Å². The highest BCUT2D eigenvalue weighted by molar-refractivity contribution is 7.94. The lowest BCUT2D eigenvalue weighted by molar-refractivity contribution is 0.101. The maximum atomic E-state index is 12.6. The number of ketones is 1. The average molecular weight is 442 g/mol. The molecule has 31 heavy (non-hydrogen) atoms. The second-order valence-corrected chi connectivity index (χ2v) is 10.4. The van der Waals surface area contributed by atoms with E-state index in [-0.39, 0.29) is 5.56 Å². The van der Waals surface area contributed by atoms with Crippen molar-refractivity contribution in [2.45, 2.75) is 32.4 Å². The molecule has 1 aromatic heterocycles. The van der Waals surface area contributed by atoms with E-state index in [0.29, 0.717) is 27.9 Å². The molecule has 162 valence electrons. The summed E-state index contributed by atoms with van der Waals surface area (Å²) in [5.41, 5.74) is 0.636. The number of anilines is 2. The minimum Gasteiger partial charge on any atom is -0.422 e. The zero-order valence-electron chi connectivity index (χ0n) is 17.5. The molecule has 2 aromatic carbocycles. The molecule has 0 fully saturated rings. The summed E-state index contributed by atoms with van der Waals surface area (Å²) < 4.78 is 31.1. The highest BCUT2D eigenvalue weighted by Crippen LogP contribution is 2.22. The van der Waals surface area contributed by atoms with Gasteiger partial charge in [-0.1, -0.05) is 0 Å². The summed E-state index contributed by atoms with van der Waals surface area (Å²) in [6.45, 7) is 6.04. The molecule has 0 saturated heterocycles. The van der Waals surface area contributed by atoms with Gasteiger partial charge in [0.2, 0.25) is 10.0 Å². The Balaban J connectivity index is 1.80. The molecule has 0 aliphatic heterocycles. The number of Topliss-reactive ketones (excluding diaryl/α,β-unsaturated/α-hetero) is 1. The molecule has 1 amide bonds. The van der Waals surface area contributed by atoms with Crippen LogP contribution in [0.2, 0.25) is 0 Å². The van der Waals surface area contributed by atoms with Gasteiger partial charge < -0.3 is 9.73 Å². The van der Waals surface area contributed by atoms with Crippen molar-refractivity contribution in [3.63, 3.8) is 0 Å². The molecule has 0 aliphatic rings. The minimum atomic E-state index is -3.57. The van der Waals surface area contributed by atoms with Crippen LogP contribution in [0.1, 0.15) is 48.4 Å². The van der Waals surface area contributed by atoms with Gasteiger partial charge in [-0.2, -0.15) is 0 Å². The Morgan fingerprint density at radius 2 is 1.55 bits per heavy atom. The highest BCUT2D eigenvalue weighted by atomic mass is 32.2. The third-order valence-electron chi connectivity index (χ3n) is 4.57. The highest BCUT2D eigenvalue weighted by Gasteiger charge is 2.28. The lowest BCUT2D eigenvalue weighted by Crippen LogP contribution is -2.33. The van der Waals surface area contributed by atoms with Crippen LogP contribution in [0, 0.1) is 0 Å². The van der Waals surface area contributed by atoms with Gasteiger partial charge in [-0.3, -0.25) is 14.3 Å². The summed E-state index contributed by atoms with van der Waals surface area (Å²) in [4.78, 5) is 35.9. The van der Waals surface area contributed by atoms with Crippen molar-refractivity contribution in [3.05, 3.63) is 70.1 Å². The number of benzene rings is 2. The number of sulfonamides is 1. The van der Waals surface area contributed by atoms with Gasteiger partial charge >= 0.3 is 5.63 Å². The fourth-order valence-corrected chi connectivity index (χ4v) is 3.40. The summed E-state index contributed by atoms with van der Waals surface area (Å²) in [6, 6.07) is 12.1. The zero-order valence-corrected chi connectivity index (χ0v) is 18.3. The summed E-state index contributed by atoms with van der Waals surface area (Å²) in [6.07, 6.45) is 0. The maximum absolute atomic E-state index is 12.6. The molecule has 0 spiro atoms. The van der Waals surface area contributed by atoms with Gasteiger partial charge in [0, 0.05) is 22.3 Å². The number of nitrogens with one attached hydrogen (secondary N) is 2. The number of amides is 1. The fraction of sp³-hybridized carbons (Fsp3) is 0.227. The lowest BCUT2D eigenvalue weighted by Gasteiger charge is -2.20. The third kappa shape index (κ3) is 4.83. The van der Waals surface area contributed by atoms with E-state index in [1.807, 2.05) is 0 Å². The molecule has 1 heterocycles. The van der Waals surface area contributed by atoms with E-state index in [9.17, 15) is 22.8 Å². The Morgan fingerprint density at radius 1 is 0.935 bits per heavy atom. The van der Waals surface area contributed by atoms with Crippen molar-refractivity contribution in [2.24, 2.45) is 0 Å². The Kier molecular flexibility index (Phi) is 5.73. The quantitative estimate of drug-likeness (QED) is 0.458. The molecule has 8 nitrogen and oxygen atoms in total. The number of carbonyl (C=O) groups is 2. The molecule has 0 saturated carbocycles. The minimum absolute atomic E-state index is 0.0655. The van der Waals surface area contributed by atoms with Crippen molar-refractivity contribution >= 4 is 44.1 Å². The Hall–Kier alpha value is -3.46. The average Bonchev–Trinajstić information content (AvgIpc) is 2.66. The van der Waals surface area contributed by atoms with Gasteiger partial charge in [0.25, 0.3) is 5.91 Å². The van der Waals surface area contributed by atoms with E-state index < -0.39 is 32.1 Å². The lowest BCUT2D eigenvalue weighted by atomic mass is 10.1. The molecular formula is C22H22N2O6S. The predicted octanol–water partition coefficient (Wildman–Crippen LogP) is 3.79. The largest absolute Gasteiger partial charge is 0.422 e. The Labute approximate surface area is 179 Å². The van der Waals surface area contributed by atoms with Crippen LogP contribution in [-0.2, 0) is 10.0 Å². The standard InChI is InChI=1S/C22H22N2O6S/c1-13(25)18-12-15-11-17(9-10-19(15)30-21(18)27)23-20(26)14-5-7-16(8-6-14)24-31(28,29)22(2,3)4/h5-12,24H,1-4H3,(H,23,26). The molecule has 9 heteroatoms. The second-order valence-electron chi connectivity index (χ2n) is 8.01. The maximum Gasteiger partial charge on any atom is 0.347 e. The van der Waals surface area contributed by atoms with Crippen molar-refractivity contribution in [1.82, 2.24) is 0 Å². The molecule has 0 bridgehead atoms. The first kappa shape index (κ1) is 22.2. The normalized spacial score (nSPS) is 11.9. The van der Waals surface area contributed by atoms with Crippen LogP contribution < -0.4 is 15.7 Å². The first-order valence-electron chi connectivity index (χ1n) is 9.40. The number of hydrogen-bond donors (Lipinski definition) is 2. The number of fused-ring (bicyclic) bond motifs is 1. The van der Waals surface area contributed by atoms with Gasteiger partial charge in [-0.15, -0.1) is 0 Å². The fourth-order valence-electron chi connectivity index (χ4n) is 2.65. The number of carbonyl (C=O) groups excluding carboxylic acids is 2. The van der Waals surface area contributed by atoms with Gasteiger partial charge in [0.05, 0.1) is 4.75 Å². The zero-order chi connectivity index (χ0) is 23.0. The molecule has 3 rings (SSSR count). The van der Waals surface area contributed by atoms with Crippen LogP contribution in [0.25, 0.3) is 11.0 Å². The predicted molar refractivity (Wildman–Crippen MR) is 119 cm³/mol. The smallest absolute Gasteiger partial charge is 0.347 e. The number of rotatable bonds is 5. The number of hydrogen-bond acceptors (Lipinski definition) is 6. The van der Waals surface area contributed by atoms with Crippen molar-refractivity contribution in [1.29, 1.82) is 0 Å². The van der Waals surface area contributed by atoms with E-state index >= 15 is 0 Å². The van der Waals surface area contributed by atoms with Crippen LogP contribution in [0.3, 0.4) is 0 Å². The van der Waals surface area contributed by atoms with E-state index in [4.69, 9.17) is 4.42 Å². The second kappa shape index (κ2) is 7.99. The monoisotopic (exact) mass is 442 g/mol. The van der Waals surface area contributed by atoms with Crippen LogP contribution in [-0.4, -0.2) is 24.9 Å². The molecule has 0 radical (unpaired) electrons. The summed E-state index contributed by atoms with van der Waals surface area (Å²) in [5.74, 6) is -0.819. The van der Waals surface area contributed by atoms with E-state index in [2.05, 4.69) is 10.0 Å². The molecular weight excluding hydrogens is 420 g/mol. The first-order chi connectivity index (χ1) is 14.4. The summed E-state index contributed by atoms with van der Waals surface area (Å²) >= 11 is 0. The van der Waals surface area contributed by atoms with Gasteiger partial charge in [0.15, 0.2) is 5.78 Å². The SMILES string of the molecule is CC(=O)c1cc2cc(NC(=O)c3ccc(NS(=O)(=O)C(C)(C)C)cc3)ccc2oc1=O. The van der Waals surface area contributed by atoms with E-state index in [0.717, 1.165) is 0 Å². The van der Waals surface area contributed by atoms with Crippen LogP contribution in [0.15, 0.2) is 57.7 Å². The van der Waals surface area contributed by atoms with Gasteiger partial charge in [-0.05, 0) is 76.2 Å². The van der Waals surface area contributed by atoms with E-state index in [1.165, 1.54) is 43.3 Å². The third-order valence-corrected chi connectivity index (χ3v) is 6.69.